The lowest BCUT2D eigenvalue weighted by Gasteiger charge is -2.10. The van der Waals surface area contributed by atoms with E-state index in [0.717, 1.165) is 23.5 Å². The zero-order chi connectivity index (χ0) is 14.7. The molecular formula is C14H16ClN5S. The van der Waals surface area contributed by atoms with Gasteiger partial charge in [0.15, 0.2) is 5.65 Å². The van der Waals surface area contributed by atoms with Gasteiger partial charge in [0.25, 0.3) is 0 Å². The van der Waals surface area contributed by atoms with E-state index >= 15 is 0 Å². The van der Waals surface area contributed by atoms with Crippen LogP contribution in [0, 0.1) is 11.2 Å². The van der Waals surface area contributed by atoms with E-state index < -0.39 is 0 Å². The molecule has 0 radical (unpaired) electrons. The van der Waals surface area contributed by atoms with E-state index in [1.54, 1.807) is 6.33 Å². The first-order valence-corrected chi connectivity index (χ1v) is 8.15. The zero-order valence-corrected chi connectivity index (χ0v) is 13.4. The Labute approximate surface area is 133 Å². The molecule has 1 fully saturated rings. The van der Waals surface area contributed by atoms with Gasteiger partial charge in [0, 0.05) is 20.0 Å². The fraction of sp³-hybridized carbons (Fsp3) is 0.500. The predicted molar refractivity (Wildman–Crippen MR) is 85.2 cm³/mol. The monoisotopic (exact) mass is 321 g/mol. The largest absolute Gasteiger partial charge is 0.330 e. The molecule has 21 heavy (non-hydrogen) atoms. The van der Waals surface area contributed by atoms with Gasteiger partial charge in [-0.15, -0.1) is 0 Å². The minimum atomic E-state index is 0.211. The minimum absolute atomic E-state index is 0.211. The van der Waals surface area contributed by atoms with E-state index in [4.69, 9.17) is 11.6 Å². The van der Waals surface area contributed by atoms with Crippen LogP contribution in [-0.2, 0) is 7.05 Å². The van der Waals surface area contributed by atoms with Gasteiger partial charge in [0.1, 0.15) is 10.5 Å². The summed E-state index contributed by atoms with van der Waals surface area (Å²) >= 11 is 7.31. The lowest BCUT2D eigenvalue weighted by atomic mass is 10.4. The number of hydrogen-bond acceptors (Lipinski definition) is 5. The Morgan fingerprint density at radius 3 is 2.95 bits per heavy atom. The van der Waals surface area contributed by atoms with Crippen LogP contribution in [0.15, 0.2) is 11.4 Å². The number of aryl methyl sites for hydroxylation is 1. The molecule has 0 N–H and O–H groups in total. The van der Waals surface area contributed by atoms with Gasteiger partial charge in [0.05, 0.1) is 6.33 Å². The summed E-state index contributed by atoms with van der Waals surface area (Å²) in [5.74, 6) is 3.19. The van der Waals surface area contributed by atoms with Crippen molar-refractivity contribution >= 4 is 34.5 Å². The first kappa shape index (κ1) is 14.6. The van der Waals surface area contributed by atoms with Crippen molar-refractivity contribution in [2.24, 2.45) is 7.05 Å². The number of aromatic nitrogens is 4. The highest BCUT2D eigenvalue weighted by Crippen LogP contribution is 2.24. The average molecular weight is 322 g/mol. The molecule has 2 aromatic rings. The molecule has 0 unspecified atom stereocenters. The highest BCUT2D eigenvalue weighted by atomic mass is 35.5. The molecule has 2 aromatic heterocycles. The van der Waals surface area contributed by atoms with Gasteiger partial charge in [0.2, 0.25) is 5.28 Å². The third kappa shape index (κ3) is 3.49. The molecule has 0 bridgehead atoms. The first-order chi connectivity index (χ1) is 10.2. The van der Waals surface area contributed by atoms with Crippen molar-refractivity contribution in [2.75, 3.05) is 19.6 Å². The lowest BCUT2D eigenvalue weighted by Crippen LogP contribution is -2.19. The first-order valence-electron chi connectivity index (χ1n) is 6.95. The molecule has 0 aromatic carbocycles. The Balaban J connectivity index is 1.66. The number of rotatable bonds is 3. The van der Waals surface area contributed by atoms with Crippen LogP contribution < -0.4 is 0 Å². The number of likely N-dealkylation sites (tertiary alicyclic amines) is 1. The second-order valence-corrected chi connectivity index (χ2v) is 6.14. The number of imidazole rings is 1. The molecule has 0 amide bonds. The van der Waals surface area contributed by atoms with Gasteiger partial charge < -0.3 is 9.47 Å². The molecule has 0 saturated carbocycles. The van der Waals surface area contributed by atoms with Crippen LogP contribution >= 0.6 is 23.4 Å². The molecule has 5 nitrogen and oxygen atoms in total. The number of halogens is 1. The second kappa shape index (κ2) is 6.65. The van der Waals surface area contributed by atoms with Crippen molar-refractivity contribution < 1.29 is 0 Å². The van der Waals surface area contributed by atoms with Crippen molar-refractivity contribution in [3.05, 3.63) is 11.6 Å². The van der Waals surface area contributed by atoms with Gasteiger partial charge in [-0.05, 0) is 54.5 Å². The average Bonchev–Trinajstić information content (AvgIpc) is 3.08. The molecule has 3 heterocycles. The number of fused-ring (bicyclic) bond motifs is 1. The van der Waals surface area contributed by atoms with Gasteiger partial charge in [-0.2, -0.15) is 4.98 Å². The fourth-order valence-electron chi connectivity index (χ4n) is 2.42. The highest BCUT2D eigenvalue weighted by Gasteiger charge is 2.11. The van der Waals surface area contributed by atoms with Crippen LogP contribution in [-0.4, -0.2) is 44.1 Å². The van der Waals surface area contributed by atoms with E-state index in [1.165, 1.54) is 37.7 Å². The maximum absolute atomic E-state index is 5.92. The number of nitrogens with zero attached hydrogens (tertiary/aromatic N) is 5. The summed E-state index contributed by atoms with van der Waals surface area (Å²) in [5, 5.41) is 4.09. The zero-order valence-electron chi connectivity index (χ0n) is 11.8. The molecule has 0 spiro atoms. The van der Waals surface area contributed by atoms with Crippen molar-refractivity contribution in [3.8, 4) is 11.2 Å². The normalized spacial score (nSPS) is 15.3. The summed E-state index contributed by atoms with van der Waals surface area (Å²) in [6.07, 6.45) is 5.24. The summed E-state index contributed by atoms with van der Waals surface area (Å²) in [6, 6.07) is 0. The molecule has 3 rings (SSSR count). The molecule has 0 atom stereocenters. The maximum Gasteiger partial charge on any atom is 0.225 e. The standard InChI is InChI=1S/C14H16ClN5S/c1-19-10-16-12-11(19)13(18-14(15)17-12)21-9-5-4-8-20-6-2-3-7-20/h10H,2-4,6-8H2,1H3. The molecule has 110 valence electrons. The third-order valence-corrected chi connectivity index (χ3v) is 4.38. The highest BCUT2D eigenvalue weighted by molar-refractivity contribution is 8.04. The van der Waals surface area contributed by atoms with Crippen LogP contribution in [0.4, 0.5) is 0 Å². The van der Waals surface area contributed by atoms with Crippen LogP contribution in [0.25, 0.3) is 11.2 Å². The van der Waals surface area contributed by atoms with Crippen LogP contribution in [0.2, 0.25) is 5.28 Å². The van der Waals surface area contributed by atoms with Crippen LogP contribution in [0.1, 0.15) is 19.3 Å². The fourth-order valence-corrected chi connectivity index (χ4v) is 3.37. The summed E-state index contributed by atoms with van der Waals surface area (Å²) in [4.78, 5) is 15.0. The number of thioether (sulfide) groups is 1. The van der Waals surface area contributed by atoms with Crippen molar-refractivity contribution in [1.82, 2.24) is 24.4 Å². The van der Waals surface area contributed by atoms with Gasteiger partial charge in [-0.3, -0.25) is 0 Å². The molecule has 1 aliphatic heterocycles. The SMILES string of the molecule is Cn1cnc2nc(Cl)nc(SC#CCCN3CCCC3)c21. The van der Waals surface area contributed by atoms with Crippen molar-refractivity contribution in [1.29, 1.82) is 0 Å². The smallest absolute Gasteiger partial charge is 0.225 e. The molecular weight excluding hydrogens is 306 g/mol. The van der Waals surface area contributed by atoms with E-state index in [0.29, 0.717) is 5.65 Å². The van der Waals surface area contributed by atoms with Crippen molar-refractivity contribution in [2.45, 2.75) is 24.3 Å². The third-order valence-electron chi connectivity index (χ3n) is 3.48. The van der Waals surface area contributed by atoms with Crippen LogP contribution in [0.5, 0.6) is 0 Å². The molecule has 7 heteroatoms. The van der Waals surface area contributed by atoms with E-state index in [2.05, 4.69) is 31.0 Å². The Morgan fingerprint density at radius 2 is 2.14 bits per heavy atom. The Bertz CT molecular complexity index is 696. The van der Waals surface area contributed by atoms with Crippen molar-refractivity contribution in [3.63, 3.8) is 0 Å². The Morgan fingerprint density at radius 1 is 1.33 bits per heavy atom. The topological polar surface area (TPSA) is 46.8 Å². The van der Waals surface area contributed by atoms with Gasteiger partial charge in [-0.1, -0.05) is 5.92 Å². The van der Waals surface area contributed by atoms with Gasteiger partial charge in [-0.25, -0.2) is 9.97 Å². The molecule has 1 aliphatic rings. The second-order valence-electron chi connectivity index (χ2n) is 5.01. The van der Waals surface area contributed by atoms with E-state index in [-0.39, 0.29) is 5.28 Å². The summed E-state index contributed by atoms with van der Waals surface area (Å²) in [6.45, 7) is 3.48. The van der Waals surface area contributed by atoms with Crippen LogP contribution in [0.3, 0.4) is 0 Å². The maximum atomic E-state index is 5.92. The predicted octanol–water partition coefficient (Wildman–Crippen LogP) is 2.56. The molecule has 0 aliphatic carbocycles. The lowest BCUT2D eigenvalue weighted by molar-refractivity contribution is 0.348. The summed E-state index contributed by atoms with van der Waals surface area (Å²) in [7, 11) is 1.91. The Kier molecular flexibility index (Phi) is 4.63. The summed E-state index contributed by atoms with van der Waals surface area (Å²) < 4.78 is 1.89. The van der Waals surface area contributed by atoms with E-state index in [9.17, 15) is 0 Å². The summed E-state index contributed by atoms with van der Waals surface area (Å²) in [5.41, 5.74) is 1.48. The Hall–Kier alpha value is -1.29. The van der Waals surface area contributed by atoms with Gasteiger partial charge >= 0.3 is 0 Å². The minimum Gasteiger partial charge on any atom is -0.330 e. The van der Waals surface area contributed by atoms with E-state index in [1.807, 2.05) is 11.6 Å². The quantitative estimate of drug-likeness (QED) is 0.376. The number of hydrogen-bond donors (Lipinski definition) is 0. The molecule has 1 saturated heterocycles.